The van der Waals surface area contributed by atoms with Crippen molar-refractivity contribution in [2.24, 2.45) is 0 Å². The Hall–Kier alpha value is -3.20. The van der Waals surface area contributed by atoms with Gasteiger partial charge in [0, 0.05) is 16.5 Å². The minimum absolute atomic E-state index is 0.0299. The zero-order valence-corrected chi connectivity index (χ0v) is 16.7. The maximum Gasteiger partial charge on any atom is 0.387 e. The van der Waals surface area contributed by atoms with Gasteiger partial charge in [0.25, 0.3) is 5.91 Å². The van der Waals surface area contributed by atoms with Crippen molar-refractivity contribution in [1.29, 1.82) is 0 Å². The molecule has 0 atom stereocenters. The number of anilines is 1. The zero-order valence-electron chi connectivity index (χ0n) is 15.9. The van der Waals surface area contributed by atoms with Gasteiger partial charge >= 0.3 is 6.61 Å². The molecule has 152 valence electrons. The predicted octanol–water partition coefficient (Wildman–Crippen LogP) is 4.99. The van der Waals surface area contributed by atoms with Crippen LogP contribution in [0, 0.1) is 6.92 Å². The first-order valence-electron chi connectivity index (χ1n) is 8.46. The molecule has 1 N–H and O–H groups in total. The summed E-state index contributed by atoms with van der Waals surface area (Å²) in [7, 11) is 2.88. The van der Waals surface area contributed by atoms with E-state index in [4.69, 9.17) is 9.47 Å². The number of halogens is 2. The normalized spacial score (nSPS) is 10.7. The Bertz CT molecular complexity index is 1020. The number of aromatic nitrogens is 1. The van der Waals surface area contributed by atoms with E-state index in [1.807, 2.05) is 30.5 Å². The third-order valence-electron chi connectivity index (χ3n) is 4.00. The first-order chi connectivity index (χ1) is 13.9. The number of carbonyl (C=O) groups is 1. The number of methoxy groups -OCH3 is 2. The maximum atomic E-state index is 12.5. The van der Waals surface area contributed by atoms with Crippen molar-refractivity contribution in [3.05, 3.63) is 52.9 Å². The number of amides is 1. The van der Waals surface area contributed by atoms with Crippen LogP contribution in [-0.2, 0) is 0 Å². The molecule has 0 radical (unpaired) electrons. The summed E-state index contributed by atoms with van der Waals surface area (Å²) in [5.41, 5.74) is 2.76. The van der Waals surface area contributed by atoms with Crippen molar-refractivity contribution < 1.29 is 27.8 Å². The minimum atomic E-state index is -2.99. The summed E-state index contributed by atoms with van der Waals surface area (Å²) in [6, 6.07) is 9.69. The van der Waals surface area contributed by atoms with E-state index >= 15 is 0 Å². The van der Waals surface area contributed by atoms with Crippen LogP contribution < -0.4 is 19.5 Å². The number of nitrogens with one attached hydrogen (secondary N) is 1. The molecule has 0 bridgehead atoms. The lowest BCUT2D eigenvalue weighted by Crippen LogP contribution is -2.12. The van der Waals surface area contributed by atoms with Crippen LogP contribution in [0.2, 0.25) is 0 Å². The molecule has 0 saturated heterocycles. The maximum absolute atomic E-state index is 12.5. The van der Waals surface area contributed by atoms with Gasteiger partial charge in [-0.15, -0.1) is 11.3 Å². The van der Waals surface area contributed by atoms with Crippen LogP contribution in [0.3, 0.4) is 0 Å². The molecule has 0 aliphatic heterocycles. The van der Waals surface area contributed by atoms with E-state index in [0.29, 0.717) is 16.6 Å². The largest absolute Gasteiger partial charge is 0.496 e. The molecule has 0 saturated carbocycles. The molecule has 9 heteroatoms. The van der Waals surface area contributed by atoms with Crippen LogP contribution in [0.4, 0.5) is 13.9 Å². The lowest BCUT2D eigenvalue weighted by Gasteiger charge is -2.11. The SMILES string of the molecule is COc1cc(C(=O)Nc2nc(-c3cc(C)ccc3OC)cs2)ccc1OC(F)F. The monoisotopic (exact) mass is 420 g/mol. The molecule has 3 aromatic rings. The number of aryl methyl sites for hydroxylation is 1. The molecule has 0 spiro atoms. The fraction of sp³-hybridized carbons (Fsp3) is 0.200. The quantitative estimate of drug-likeness (QED) is 0.583. The van der Waals surface area contributed by atoms with Crippen LogP contribution in [0.1, 0.15) is 15.9 Å². The van der Waals surface area contributed by atoms with Crippen molar-refractivity contribution >= 4 is 22.4 Å². The molecule has 1 heterocycles. The molecule has 0 aliphatic rings. The number of alkyl halides is 2. The summed E-state index contributed by atoms with van der Waals surface area (Å²) in [5, 5.41) is 4.90. The van der Waals surface area contributed by atoms with E-state index in [1.165, 1.54) is 36.6 Å². The summed E-state index contributed by atoms with van der Waals surface area (Å²) in [4.78, 5) is 17.0. The van der Waals surface area contributed by atoms with Gasteiger partial charge in [0.2, 0.25) is 0 Å². The lowest BCUT2D eigenvalue weighted by atomic mass is 10.1. The van der Waals surface area contributed by atoms with Crippen molar-refractivity contribution in [3.8, 4) is 28.5 Å². The molecular weight excluding hydrogens is 402 g/mol. The Labute approximate surface area is 170 Å². The average molecular weight is 420 g/mol. The topological polar surface area (TPSA) is 69.7 Å². The van der Waals surface area contributed by atoms with E-state index in [2.05, 4.69) is 15.0 Å². The smallest absolute Gasteiger partial charge is 0.387 e. The number of hydrogen-bond acceptors (Lipinski definition) is 6. The first-order valence-corrected chi connectivity index (χ1v) is 9.34. The first kappa shape index (κ1) is 20.5. The third-order valence-corrected chi connectivity index (χ3v) is 4.76. The standard InChI is InChI=1S/C20H18F2N2O4S/c1-11-4-6-15(26-2)13(8-11)14-10-29-20(23-14)24-18(25)12-5-7-16(28-19(21)22)17(9-12)27-3/h4-10,19H,1-3H3,(H,23,24,25). The van der Waals surface area contributed by atoms with Gasteiger partial charge in [-0.25, -0.2) is 4.98 Å². The molecule has 0 fully saturated rings. The lowest BCUT2D eigenvalue weighted by molar-refractivity contribution is -0.0512. The van der Waals surface area contributed by atoms with Crippen molar-refractivity contribution in [2.45, 2.75) is 13.5 Å². The fourth-order valence-electron chi connectivity index (χ4n) is 2.65. The van der Waals surface area contributed by atoms with Gasteiger partial charge in [-0.2, -0.15) is 8.78 Å². The van der Waals surface area contributed by atoms with Crippen molar-refractivity contribution in [2.75, 3.05) is 19.5 Å². The van der Waals surface area contributed by atoms with E-state index in [1.54, 1.807) is 7.11 Å². The fourth-order valence-corrected chi connectivity index (χ4v) is 3.35. The molecule has 29 heavy (non-hydrogen) atoms. The Kier molecular flexibility index (Phi) is 6.28. The van der Waals surface area contributed by atoms with Crippen LogP contribution in [0.5, 0.6) is 17.2 Å². The molecule has 2 aromatic carbocycles. The molecule has 3 rings (SSSR count). The highest BCUT2D eigenvalue weighted by molar-refractivity contribution is 7.14. The van der Waals surface area contributed by atoms with Crippen molar-refractivity contribution in [3.63, 3.8) is 0 Å². The second-order valence-electron chi connectivity index (χ2n) is 5.94. The average Bonchev–Trinajstić information content (AvgIpc) is 3.16. The number of benzene rings is 2. The highest BCUT2D eigenvalue weighted by Crippen LogP contribution is 2.33. The Morgan fingerprint density at radius 3 is 2.48 bits per heavy atom. The molecule has 0 unspecified atom stereocenters. The van der Waals surface area contributed by atoms with E-state index in [0.717, 1.165) is 11.1 Å². The Morgan fingerprint density at radius 1 is 1.07 bits per heavy atom. The molecule has 0 aliphatic carbocycles. The number of ether oxygens (including phenoxy) is 3. The molecule has 1 amide bonds. The van der Waals surface area contributed by atoms with Gasteiger partial charge in [-0.3, -0.25) is 10.1 Å². The molecule has 1 aromatic heterocycles. The predicted molar refractivity (Wildman–Crippen MR) is 106 cm³/mol. The Balaban J connectivity index is 1.80. The third kappa shape index (κ3) is 4.80. The van der Waals surface area contributed by atoms with Crippen LogP contribution in [0.25, 0.3) is 11.3 Å². The summed E-state index contributed by atoms with van der Waals surface area (Å²) in [6.07, 6.45) is 0. The second kappa shape index (κ2) is 8.87. The number of hydrogen-bond donors (Lipinski definition) is 1. The van der Waals surface area contributed by atoms with Crippen LogP contribution >= 0.6 is 11.3 Å². The van der Waals surface area contributed by atoms with E-state index in [-0.39, 0.29) is 17.1 Å². The summed E-state index contributed by atoms with van der Waals surface area (Å²) >= 11 is 1.26. The summed E-state index contributed by atoms with van der Waals surface area (Å²) in [5.74, 6) is 0.103. The minimum Gasteiger partial charge on any atom is -0.496 e. The summed E-state index contributed by atoms with van der Waals surface area (Å²) in [6.45, 7) is -1.02. The van der Waals surface area contributed by atoms with Gasteiger partial charge in [0.15, 0.2) is 16.6 Å². The number of thiazole rings is 1. The number of nitrogens with zero attached hydrogens (tertiary/aromatic N) is 1. The second-order valence-corrected chi connectivity index (χ2v) is 6.80. The highest BCUT2D eigenvalue weighted by atomic mass is 32.1. The highest BCUT2D eigenvalue weighted by Gasteiger charge is 2.16. The van der Waals surface area contributed by atoms with Gasteiger partial charge in [-0.05, 0) is 37.3 Å². The zero-order chi connectivity index (χ0) is 21.0. The van der Waals surface area contributed by atoms with Gasteiger partial charge in [0.05, 0.1) is 19.9 Å². The molecule has 6 nitrogen and oxygen atoms in total. The van der Waals surface area contributed by atoms with Crippen LogP contribution in [-0.4, -0.2) is 31.7 Å². The summed E-state index contributed by atoms with van der Waals surface area (Å²) < 4.78 is 39.6. The number of carbonyl (C=O) groups excluding carboxylic acids is 1. The number of rotatable bonds is 7. The van der Waals surface area contributed by atoms with Gasteiger partial charge in [0.1, 0.15) is 5.75 Å². The van der Waals surface area contributed by atoms with Crippen LogP contribution in [0.15, 0.2) is 41.8 Å². The van der Waals surface area contributed by atoms with Gasteiger partial charge < -0.3 is 14.2 Å². The Morgan fingerprint density at radius 2 is 1.79 bits per heavy atom. The van der Waals surface area contributed by atoms with E-state index < -0.39 is 12.5 Å². The van der Waals surface area contributed by atoms with Crippen molar-refractivity contribution in [1.82, 2.24) is 4.98 Å². The van der Waals surface area contributed by atoms with E-state index in [9.17, 15) is 13.6 Å². The van der Waals surface area contributed by atoms with Gasteiger partial charge in [-0.1, -0.05) is 11.6 Å². The molecular formula is C20H18F2N2O4S.